The number of hydrogen-bond acceptors (Lipinski definition) is 1. The summed E-state index contributed by atoms with van der Waals surface area (Å²) in [5.41, 5.74) is 2.48. The zero-order chi connectivity index (χ0) is 12.7. The van der Waals surface area contributed by atoms with E-state index in [2.05, 4.69) is 13.8 Å². The van der Waals surface area contributed by atoms with Crippen molar-refractivity contribution in [1.29, 1.82) is 0 Å². The predicted octanol–water partition coefficient (Wildman–Crippen LogP) is 5.12. The molecule has 0 N–H and O–H groups in total. The van der Waals surface area contributed by atoms with Crippen molar-refractivity contribution in [3.63, 3.8) is 0 Å². The quantitative estimate of drug-likeness (QED) is 0.693. The van der Waals surface area contributed by atoms with E-state index in [0.717, 1.165) is 11.5 Å². The molecular formula is C16H20O. The van der Waals surface area contributed by atoms with E-state index in [0.29, 0.717) is 0 Å². The van der Waals surface area contributed by atoms with Gasteiger partial charge in [0.15, 0.2) is 0 Å². The van der Waals surface area contributed by atoms with Gasteiger partial charge in [-0.25, -0.2) is 0 Å². The summed E-state index contributed by atoms with van der Waals surface area (Å²) in [6, 6.07) is 16.1. The van der Waals surface area contributed by atoms with Crippen molar-refractivity contribution >= 4 is 0 Å². The van der Waals surface area contributed by atoms with Gasteiger partial charge in [0.25, 0.3) is 0 Å². The minimum Gasteiger partial charge on any atom is -0.457 e. The first-order valence-corrected chi connectivity index (χ1v) is 6.05. The first-order valence-electron chi connectivity index (χ1n) is 6.05. The summed E-state index contributed by atoms with van der Waals surface area (Å²) in [7, 11) is 0. The van der Waals surface area contributed by atoms with Crippen LogP contribution in [-0.4, -0.2) is 0 Å². The molecule has 0 unspecified atom stereocenters. The van der Waals surface area contributed by atoms with Gasteiger partial charge >= 0.3 is 0 Å². The van der Waals surface area contributed by atoms with Crippen molar-refractivity contribution in [3.05, 3.63) is 59.7 Å². The molecule has 1 nitrogen and oxygen atoms in total. The highest BCUT2D eigenvalue weighted by Crippen LogP contribution is 2.21. The summed E-state index contributed by atoms with van der Waals surface area (Å²) in [4.78, 5) is 0. The van der Waals surface area contributed by atoms with Gasteiger partial charge in [-0.15, -0.1) is 0 Å². The van der Waals surface area contributed by atoms with Crippen LogP contribution in [-0.2, 0) is 0 Å². The molecule has 0 heterocycles. The van der Waals surface area contributed by atoms with Gasteiger partial charge in [0.2, 0.25) is 0 Å². The summed E-state index contributed by atoms with van der Waals surface area (Å²) in [5, 5.41) is 0. The van der Waals surface area contributed by atoms with Crippen LogP contribution in [0.1, 0.15) is 25.0 Å². The van der Waals surface area contributed by atoms with Gasteiger partial charge in [0.05, 0.1) is 0 Å². The monoisotopic (exact) mass is 228 g/mol. The molecule has 0 atom stereocenters. The molecule has 90 valence electrons. The van der Waals surface area contributed by atoms with Crippen LogP contribution in [0.4, 0.5) is 0 Å². The van der Waals surface area contributed by atoms with Gasteiger partial charge in [-0.3, -0.25) is 0 Å². The molecular weight excluding hydrogens is 208 g/mol. The Kier molecular flexibility index (Phi) is 5.28. The summed E-state index contributed by atoms with van der Waals surface area (Å²) < 4.78 is 5.69. The standard InChI is InChI=1S/C14H14O.C2H6/c1-11-3-7-13(8-4-11)15-14-9-5-12(2)6-10-14;1-2/h3-10H,1-2H3;1-2H3. The lowest BCUT2D eigenvalue weighted by molar-refractivity contribution is 0.482. The third kappa shape index (κ3) is 4.31. The Morgan fingerprint density at radius 2 is 0.882 bits per heavy atom. The van der Waals surface area contributed by atoms with Crippen molar-refractivity contribution < 1.29 is 4.74 Å². The van der Waals surface area contributed by atoms with Crippen molar-refractivity contribution in [2.24, 2.45) is 0 Å². The molecule has 0 saturated carbocycles. The molecule has 1 heteroatoms. The zero-order valence-corrected chi connectivity index (χ0v) is 11.0. The second-order valence-corrected chi connectivity index (χ2v) is 3.73. The molecule has 2 aromatic rings. The molecule has 0 fully saturated rings. The normalized spacial score (nSPS) is 9.18. The van der Waals surface area contributed by atoms with Gasteiger partial charge in [0, 0.05) is 0 Å². The second-order valence-electron chi connectivity index (χ2n) is 3.73. The molecule has 0 amide bonds. The maximum Gasteiger partial charge on any atom is 0.127 e. The lowest BCUT2D eigenvalue weighted by Crippen LogP contribution is -1.84. The zero-order valence-electron chi connectivity index (χ0n) is 11.0. The van der Waals surface area contributed by atoms with Crippen molar-refractivity contribution in [3.8, 4) is 11.5 Å². The Morgan fingerprint density at radius 1 is 0.588 bits per heavy atom. The van der Waals surface area contributed by atoms with Gasteiger partial charge in [-0.1, -0.05) is 49.2 Å². The summed E-state index contributed by atoms with van der Waals surface area (Å²) in [5.74, 6) is 1.76. The van der Waals surface area contributed by atoms with E-state index in [1.54, 1.807) is 0 Å². The molecule has 0 saturated heterocycles. The molecule has 0 aliphatic rings. The van der Waals surface area contributed by atoms with Crippen molar-refractivity contribution in [2.45, 2.75) is 27.7 Å². The van der Waals surface area contributed by atoms with Crippen LogP contribution in [0.3, 0.4) is 0 Å². The van der Waals surface area contributed by atoms with Crippen LogP contribution in [0.25, 0.3) is 0 Å². The van der Waals surface area contributed by atoms with E-state index < -0.39 is 0 Å². The fourth-order valence-electron chi connectivity index (χ4n) is 1.35. The Balaban J connectivity index is 0.000000686. The van der Waals surface area contributed by atoms with E-state index in [4.69, 9.17) is 4.74 Å². The summed E-state index contributed by atoms with van der Waals surface area (Å²) in [6.07, 6.45) is 0. The molecule has 0 bridgehead atoms. The smallest absolute Gasteiger partial charge is 0.127 e. The maximum atomic E-state index is 5.69. The largest absolute Gasteiger partial charge is 0.457 e. The van der Waals surface area contributed by atoms with Crippen LogP contribution in [0.2, 0.25) is 0 Å². The third-order valence-electron chi connectivity index (χ3n) is 2.28. The van der Waals surface area contributed by atoms with E-state index in [9.17, 15) is 0 Å². The van der Waals surface area contributed by atoms with E-state index in [-0.39, 0.29) is 0 Å². The van der Waals surface area contributed by atoms with Crippen molar-refractivity contribution in [1.82, 2.24) is 0 Å². The Labute approximate surface area is 104 Å². The number of aryl methyl sites for hydroxylation is 2. The summed E-state index contributed by atoms with van der Waals surface area (Å²) >= 11 is 0. The van der Waals surface area contributed by atoms with Crippen LogP contribution < -0.4 is 4.74 Å². The van der Waals surface area contributed by atoms with Crippen LogP contribution in [0.5, 0.6) is 11.5 Å². The Morgan fingerprint density at radius 3 is 1.18 bits per heavy atom. The fourth-order valence-corrected chi connectivity index (χ4v) is 1.35. The third-order valence-corrected chi connectivity index (χ3v) is 2.28. The predicted molar refractivity (Wildman–Crippen MR) is 73.8 cm³/mol. The average molecular weight is 228 g/mol. The Bertz CT molecular complexity index is 383. The van der Waals surface area contributed by atoms with Gasteiger partial charge in [-0.05, 0) is 38.1 Å². The molecule has 0 radical (unpaired) electrons. The SMILES string of the molecule is CC.Cc1ccc(Oc2ccc(C)cc2)cc1. The summed E-state index contributed by atoms with van der Waals surface area (Å²) in [6.45, 7) is 8.13. The fraction of sp³-hybridized carbons (Fsp3) is 0.250. The van der Waals surface area contributed by atoms with E-state index in [1.807, 2.05) is 62.4 Å². The van der Waals surface area contributed by atoms with Crippen LogP contribution >= 0.6 is 0 Å². The number of ether oxygens (including phenoxy) is 1. The topological polar surface area (TPSA) is 9.23 Å². The number of hydrogen-bond donors (Lipinski definition) is 0. The first-order chi connectivity index (χ1) is 8.24. The lowest BCUT2D eigenvalue weighted by atomic mass is 10.2. The molecule has 17 heavy (non-hydrogen) atoms. The molecule has 2 rings (SSSR count). The highest BCUT2D eigenvalue weighted by Gasteiger charge is 1.95. The lowest BCUT2D eigenvalue weighted by Gasteiger charge is -2.05. The molecule has 0 aromatic heterocycles. The van der Waals surface area contributed by atoms with Gasteiger partial charge in [-0.2, -0.15) is 0 Å². The van der Waals surface area contributed by atoms with Gasteiger partial charge < -0.3 is 4.74 Å². The minimum absolute atomic E-state index is 0.879. The second kappa shape index (κ2) is 6.74. The minimum atomic E-state index is 0.879. The maximum absolute atomic E-state index is 5.69. The molecule has 0 aliphatic heterocycles. The highest BCUT2D eigenvalue weighted by molar-refractivity contribution is 5.33. The van der Waals surface area contributed by atoms with Crippen LogP contribution in [0, 0.1) is 13.8 Å². The molecule has 0 aliphatic carbocycles. The highest BCUT2D eigenvalue weighted by atomic mass is 16.5. The Hall–Kier alpha value is -1.76. The number of benzene rings is 2. The number of rotatable bonds is 2. The molecule has 2 aromatic carbocycles. The van der Waals surface area contributed by atoms with Crippen LogP contribution in [0.15, 0.2) is 48.5 Å². The average Bonchev–Trinajstić information content (AvgIpc) is 2.37. The first kappa shape index (κ1) is 13.3. The van der Waals surface area contributed by atoms with Crippen molar-refractivity contribution in [2.75, 3.05) is 0 Å². The van der Waals surface area contributed by atoms with Gasteiger partial charge in [0.1, 0.15) is 11.5 Å². The van der Waals surface area contributed by atoms with E-state index >= 15 is 0 Å². The van der Waals surface area contributed by atoms with E-state index in [1.165, 1.54) is 11.1 Å². The molecule has 0 spiro atoms.